The SMILES string of the molecule is NCc1cnc(S(=O)(=O)Cl)c(OC(F)(F)F)c1C(F)(F)F. The Morgan fingerprint density at radius 1 is 1.24 bits per heavy atom. The maximum Gasteiger partial charge on any atom is 0.573 e. The summed E-state index contributed by atoms with van der Waals surface area (Å²) >= 11 is 0. The summed E-state index contributed by atoms with van der Waals surface area (Å²) in [5.41, 5.74) is 2.09. The van der Waals surface area contributed by atoms with Crippen molar-refractivity contribution in [3.63, 3.8) is 0 Å². The number of hydrogen-bond donors (Lipinski definition) is 1. The molecule has 1 rings (SSSR count). The lowest BCUT2D eigenvalue weighted by Crippen LogP contribution is -2.24. The summed E-state index contributed by atoms with van der Waals surface area (Å²) in [6, 6.07) is 0. The summed E-state index contributed by atoms with van der Waals surface area (Å²) in [5.74, 6) is -2.06. The Hall–Kier alpha value is -1.27. The summed E-state index contributed by atoms with van der Waals surface area (Å²) in [4.78, 5) is 2.95. The van der Waals surface area contributed by atoms with Gasteiger partial charge >= 0.3 is 12.5 Å². The Morgan fingerprint density at radius 3 is 2.10 bits per heavy atom. The number of halogens is 7. The number of aromatic nitrogens is 1. The fourth-order valence-corrected chi connectivity index (χ4v) is 2.24. The van der Waals surface area contributed by atoms with Crippen molar-refractivity contribution in [3.8, 4) is 5.75 Å². The first kappa shape index (κ1) is 17.8. The molecule has 2 N–H and O–H groups in total. The van der Waals surface area contributed by atoms with E-state index in [2.05, 4.69) is 9.72 Å². The molecule has 0 aliphatic carbocycles. The summed E-state index contributed by atoms with van der Waals surface area (Å²) < 4.78 is 101. The molecule has 5 nitrogen and oxygen atoms in total. The molecule has 0 radical (unpaired) electrons. The van der Waals surface area contributed by atoms with Gasteiger partial charge in [-0.3, -0.25) is 0 Å². The molecule has 0 fully saturated rings. The second-order valence-electron chi connectivity index (χ2n) is 3.48. The van der Waals surface area contributed by atoms with Crippen LogP contribution in [0, 0.1) is 0 Å². The smallest absolute Gasteiger partial charge is 0.402 e. The van der Waals surface area contributed by atoms with Crippen molar-refractivity contribution < 1.29 is 39.5 Å². The standard InChI is InChI=1S/C8H5ClF6N2O3S/c9-21(18,19)6-5(20-8(13,14)15)4(7(10,11)12)3(1-16)2-17-6/h2H,1,16H2. The van der Waals surface area contributed by atoms with Gasteiger partial charge in [0.1, 0.15) is 5.56 Å². The van der Waals surface area contributed by atoms with Crippen molar-refractivity contribution >= 4 is 19.7 Å². The lowest BCUT2D eigenvalue weighted by atomic mass is 10.1. The zero-order valence-electron chi connectivity index (χ0n) is 9.59. The number of pyridine rings is 1. The van der Waals surface area contributed by atoms with Gasteiger partial charge in [-0.25, -0.2) is 13.4 Å². The summed E-state index contributed by atoms with van der Waals surface area (Å²) in [5, 5.41) is -1.70. The average Bonchev–Trinajstić information content (AvgIpc) is 2.22. The van der Waals surface area contributed by atoms with Gasteiger partial charge < -0.3 is 10.5 Å². The minimum atomic E-state index is -5.59. The van der Waals surface area contributed by atoms with Crippen LogP contribution in [0.5, 0.6) is 5.75 Å². The van der Waals surface area contributed by atoms with Gasteiger partial charge in [0.2, 0.25) is 5.03 Å². The molecule has 0 aliphatic heterocycles. The zero-order chi connectivity index (χ0) is 16.6. The minimum absolute atomic E-state index is 0.362. The molecule has 1 aromatic rings. The van der Waals surface area contributed by atoms with Gasteiger partial charge in [0.15, 0.2) is 5.75 Å². The third-order valence-corrected chi connectivity index (χ3v) is 3.22. The molecule has 0 aliphatic rings. The van der Waals surface area contributed by atoms with Gasteiger partial charge in [-0.15, -0.1) is 13.2 Å². The van der Waals surface area contributed by atoms with Crippen molar-refractivity contribution in [1.82, 2.24) is 4.98 Å². The summed E-state index contributed by atoms with van der Waals surface area (Å²) in [6.07, 6.45) is -10.6. The molecule has 21 heavy (non-hydrogen) atoms. The summed E-state index contributed by atoms with van der Waals surface area (Å²) in [7, 11) is -0.244. The fraction of sp³-hybridized carbons (Fsp3) is 0.375. The Kier molecular flexibility index (Phi) is 4.65. The Balaban J connectivity index is 3.80. The third-order valence-electron chi connectivity index (χ3n) is 2.03. The normalized spacial score (nSPS) is 13.3. The number of ether oxygens (including phenoxy) is 1. The maximum atomic E-state index is 12.9. The second-order valence-corrected chi connectivity index (χ2v) is 5.96. The van der Waals surface area contributed by atoms with Gasteiger partial charge in [0, 0.05) is 29.0 Å². The first-order chi connectivity index (χ1) is 9.27. The minimum Gasteiger partial charge on any atom is -0.402 e. The number of alkyl halides is 6. The molecule has 1 aromatic heterocycles. The van der Waals surface area contributed by atoms with E-state index in [0.717, 1.165) is 0 Å². The van der Waals surface area contributed by atoms with E-state index in [1.807, 2.05) is 0 Å². The molecule has 13 heteroatoms. The number of nitrogens with two attached hydrogens (primary N) is 1. The topological polar surface area (TPSA) is 82.3 Å². The molecule has 0 saturated heterocycles. The predicted molar refractivity (Wildman–Crippen MR) is 56.9 cm³/mol. The van der Waals surface area contributed by atoms with E-state index in [9.17, 15) is 34.8 Å². The first-order valence-electron chi connectivity index (χ1n) is 4.77. The van der Waals surface area contributed by atoms with Gasteiger partial charge in [-0.1, -0.05) is 0 Å². The molecule has 0 amide bonds. The molecule has 0 atom stereocenters. The lowest BCUT2D eigenvalue weighted by Gasteiger charge is -2.19. The first-order valence-corrected chi connectivity index (χ1v) is 7.08. The molecular formula is C8H5ClF6N2O3S. The second kappa shape index (κ2) is 5.50. The largest absolute Gasteiger partial charge is 0.573 e. The molecule has 120 valence electrons. The highest BCUT2D eigenvalue weighted by Crippen LogP contribution is 2.43. The van der Waals surface area contributed by atoms with Crippen LogP contribution in [-0.4, -0.2) is 19.8 Å². The molecule has 0 unspecified atom stereocenters. The molecule has 0 spiro atoms. The van der Waals surface area contributed by atoms with Gasteiger partial charge in [-0.2, -0.15) is 13.2 Å². The van der Waals surface area contributed by atoms with Gasteiger partial charge in [0.05, 0.1) is 0 Å². The van der Waals surface area contributed by atoms with E-state index in [-0.39, 0.29) is 0 Å². The van der Waals surface area contributed by atoms with E-state index in [1.54, 1.807) is 0 Å². The van der Waals surface area contributed by atoms with Crippen molar-refractivity contribution in [1.29, 1.82) is 0 Å². The quantitative estimate of drug-likeness (QED) is 0.662. The number of rotatable bonds is 3. The van der Waals surface area contributed by atoms with Crippen LogP contribution in [0.2, 0.25) is 0 Å². The highest BCUT2D eigenvalue weighted by molar-refractivity contribution is 8.13. The molecule has 0 saturated carbocycles. The average molecular weight is 359 g/mol. The van der Waals surface area contributed by atoms with Crippen LogP contribution < -0.4 is 10.5 Å². The van der Waals surface area contributed by atoms with Gasteiger partial charge in [0.25, 0.3) is 9.05 Å². The van der Waals surface area contributed by atoms with E-state index in [4.69, 9.17) is 16.4 Å². The van der Waals surface area contributed by atoms with E-state index in [0.29, 0.717) is 6.20 Å². The fourth-order valence-electron chi connectivity index (χ4n) is 1.36. The molecule has 0 bridgehead atoms. The molecule has 1 heterocycles. The van der Waals surface area contributed by atoms with Crippen molar-refractivity contribution in [2.24, 2.45) is 5.73 Å². The number of hydrogen-bond acceptors (Lipinski definition) is 5. The lowest BCUT2D eigenvalue weighted by molar-refractivity contribution is -0.277. The van der Waals surface area contributed by atoms with Crippen LogP contribution in [-0.2, 0) is 21.8 Å². The van der Waals surface area contributed by atoms with Crippen LogP contribution in [0.15, 0.2) is 11.2 Å². The zero-order valence-corrected chi connectivity index (χ0v) is 11.2. The number of nitrogens with zero attached hydrogens (tertiary/aromatic N) is 1. The third kappa shape index (κ3) is 4.35. The van der Waals surface area contributed by atoms with Crippen molar-refractivity contribution in [2.75, 3.05) is 0 Å². The molecular weight excluding hydrogens is 354 g/mol. The van der Waals surface area contributed by atoms with Crippen molar-refractivity contribution in [2.45, 2.75) is 24.1 Å². The highest BCUT2D eigenvalue weighted by atomic mass is 35.7. The van der Waals surface area contributed by atoms with E-state index >= 15 is 0 Å². The van der Waals surface area contributed by atoms with Gasteiger partial charge in [-0.05, 0) is 0 Å². The van der Waals surface area contributed by atoms with Crippen LogP contribution >= 0.6 is 10.7 Å². The Labute approximate surface area is 118 Å². The Morgan fingerprint density at radius 2 is 1.76 bits per heavy atom. The van der Waals surface area contributed by atoms with Crippen LogP contribution in [0.1, 0.15) is 11.1 Å². The predicted octanol–water partition coefficient (Wildman–Crippen LogP) is 2.39. The molecule has 0 aromatic carbocycles. The summed E-state index contributed by atoms with van der Waals surface area (Å²) in [6.45, 7) is -0.849. The Bertz CT molecular complexity index is 643. The van der Waals surface area contributed by atoms with Crippen molar-refractivity contribution in [3.05, 3.63) is 17.3 Å². The highest BCUT2D eigenvalue weighted by Gasteiger charge is 2.44. The van der Waals surface area contributed by atoms with E-state index in [1.165, 1.54) is 0 Å². The van der Waals surface area contributed by atoms with Crippen LogP contribution in [0.3, 0.4) is 0 Å². The monoisotopic (exact) mass is 358 g/mol. The van der Waals surface area contributed by atoms with E-state index < -0.39 is 50.0 Å². The van der Waals surface area contributed by atoms with Crippen LogP contribution in [0.4, 0.5) is 26.3 Å². The van der Waals surface area contributed by atoms with Crippen LogP contribution in [0.25, 0.3) is 0 Å². The maximum absolute atomic E-state index is 12.9.